The molecule has 1 aromatic carbocycles. The molecule has 6 heteroatoms. The van der Waals surface area contributed by atoms with Crippen molar-refractivity contribution < 1.29 is 15.1 Å². The van der Waals surface area contributed by atoms with Gasteiger partial charge in [-0.3, -0.25) is 10.1 Å². The number of aliphatic hydroxyl groups excluding tert-OH is 2. The third-order valence-corrected chi connectivity index (χ3v) is 2.36. The molecule has 2 N–H and O–H groups in total. The molecule has 0 saturated heterocycles. The van der Waals surface area contributed by atoms with Crippen molar-refractivity contribution in [1.82, 2.24) is 0 Å². The van der Waals surface area contributed by atoms with Crippen LogP contribution in [-0.2, 0) is 0 Å². The Bertz CT molecular complexity index is 354. The number of halogens is 1. The Labute approximate surface area is 97.4 Å². The highest BCUT2D eigenvalue weighted by molar-refractivity contribution is 6.30. The van der Waals surface area contributed by atoms with E-state index < -0.39 is 23.7 Å². The van der Waals surface area contributed by atoms with Crippen molar-refractivity contribution in [2.24, 2.45) is 0 Å². The minimum Gasteiger partial charge on any atom is -0.388 e. The fourth-order valence-corrected chi connectivity index (χ4v) is 1.45. The lowest BCUT2D eigenvalue weighted by atomic mass is 10.0. The summed E-state index contributed by atoms with van der Waals surface area (Å²) in [5.74, 6) is 0. The molecule has 0 radical (unpaired) electrons. The Morgan fingerprint density at radius 2 is 1.88 bits per heavy atom. The van der Waals surface area contributed by atoms with Crippen molar-refractivity contribution in [3.05, 3.63) is 45.0 Å². The van der Waals surface area contributed by atoms with E-state index in [1.165, 1.54) is 0 Å². The smallest absolute Gasteiger partial charge is 0.229 e. The van der Waals surface area contributed by atoms with Crippen molar-refractivity contribution in [2.75, 3.05) is 6.54 Å². The second-order valence-electron chi connectivity index (χ2n) is 3.47. The van der Waals surface area contributed by atoms with E-state index in [4.69, 9.17) is 11.6 Å². The van der Waals surface area contributed by atoms with Gasteiger partial charge in [-0.05, 0) is 17.7 Å². The Morgan fingerprint density at radius 1 is 1.31 bits per heavy atom. The van der Waals surface area contributed by atoms with E-state index in [-0.39, 0.29) is 6.42 Å². The molecule has 0 saturated carbocycles. The summed E-state index contributed by atoms with van der Waals surface area (Å²) in [6.45, 7) is -0.565. The van der Waals surface area contributed by atoms with E-state index in [1.54, 1.807) is 24.3 Å². The summed E-state index contributed by atoms with van der Waals surface area (Å²) in [5.41, 5.74) is 0.576. The molecule has 0 aliphatic heterocycles. The molecule has 0 aliphatic rings. The van der Waals surface area contributed by atoms with Gasteiger partial charge < -0.3 is 10.2 Å². The second-order valence-corrected chi connectivity index (χ2v) is 3.91. The first-order valence-corrected chi connectivity index (χ1v) is 5.10. The largest absolute Gasteiger partial charge is 0.388 e. The Hall–Kier alpha value is -1.17. The van der Waals surface area contributed by atoms with Crippen molar-refractivity contribution in [3.63, 3.8) is 0 Å². The molecule has 1 rings (SSSR count). The maximum absolute atomic E-state index is 10.1. The van der Waals surface area contributed by atoms with E-state index in [0.29, 0.717) is 10.6 Å². The fourth-order valence-electron chi connectivity index (χ4n) is 1.33. The van der Waals surface area contributed by atoms with Gasteiger partial charge in [0.1, 0.15) is 6.10 Å². The van der Waals surface area contributed by atoms with Gasteiger partial charge in [0.15, 0.2) is 0 Å². The lowest BCUT2D eigenvalue weighted by molar-refractivity contribution is -0.490. The highest BCUT2D eigenvalue weighted by atomic mass is 35.5. The van der Waals surface area contributed by atoms with Gasteiger partial charge in [-0.2, -0.15) is 0 Å². The maximum atomic E-state index is 10.1. The summed E-state index contributed by atoms with van der Waals surface area (Å²) in [5, 5.41) is 29.6. The van der Waals surface area contributed by atoms with Gasteiger partial charge in [0.25, 0.3) is 0 Å². The van der Waals surface area contributed by atoms with Gasteiger partial charge in [-0.25, -0.2) is 0 Å². The van der Waals surface area contributed by atoms with Crippen molar-refractivity contribution in [2.45, 2.75) is 18.6 Å². The molecule has 0 heterocycles. The van der Waals surface area contributed by atoms with E-state index >= 15 is 0 Å². The second kappa shape index (κ2) is 5.79. The van der Waals surface area contributed by atoms with Gasteiger partial charge in [0.05, 0.1) is 6.10 Å². The van der Waals surface area contributed by atoms with E-state index in [9.17, 15) is 20.3 Å². The predicted molar refractivity (Wildman–Crippen MR) is 58.9 cm³/mol. The van der Waals surface area contributed by atoms with Gasteiger partial charge in [-0.15, -0.1) is 0 Å². The minimum atomic E-state index is -1.15. The minimum absolute atomic E-state index is 0.0669. The van der Waals surface area contributed by atoms with Crippen LogP contribution in [0.1, 0.15) is 18.1 Å². The average Bonchev–Trinajstić information content (AvgIpc) is 2.16. The molecule has 0 fully saturated rings. The molecule has 1 aromatic rings. The standard InChI is InChI=1S/C10H12ClNO4/c11-8-3-1-7(2-4-8)10(14)5-9(13)6-12(15)16/h1-4,9-10,13-14H,5-6H2. The third kappa shape index (κ3) is 4.14. The summed E-state index contributed by atoms with van der Waals surface area (Å²) in [4.78, 5) is 9.51. The van der Waals surface area contributed by atoms with Crippen LogP contribution in [0.15, 0.2) is 24.3 Å². The van der Waals surface area contributed by atoms with Gasteiger partial charge in [0.2, 0.25) is 6.54 Å². The number of nitro groups is 1. The highest BCUT2D eigenvalue weighted by Crippen LogP contribution is 2.20. The predicted octanol–water partition coefficient (Wildman–Crippen LogP) is 1.40. The van der Waals surface area contributed by atoms with Crippen molar-refractivity contribution >= 4 is 11.6 Å². The first kappa shape index (κ1) is 12.9. The average molecular weight is 246 g/mol. The zero-order valence-electron chi connectivity index (χ0n) is 8.41. The van der Waals surface area contributed by atoms with Gasteiger partial charge in [-0.1, -0.05) is 23.7 Å². The summed E-state index contributed by atoms with van der Waals surface area (Å²) >= 11 is 5.67. The van der Waals surface area contributed by atoms with Crippen LogP contribution >= 0.6 is 11.6 Å². The van der Waals surface area contributed by atoms with Crippen LogP contribution in [0.4, 0.5) is 0 Å². The number of hydrogen-bond donors (Lipinski definition) is 2. The van der Waals surface area contributed by atoms with Crippen LogP contribution in [0, 0.1) is 10.1 Å². The normalized spacial score (nSPS) is 14.4. The zero-order chi connectivity index (χ0) is 12.1. The summed E-state index contributed by atoms with van der Waals surface area (Å²) in [7, 11) is 0. The van der Waals surface area contributed by atoms with Crippen molar-refractivity contribution in [1.29, 1.82) is 0 Å². The number of rotatable bonds is 5. The number of benzene rings is 1. The SMILES string of the molecule is O=[N+]([O-])CC(O)CC(O)c1ccc(Cl)cc1. The quantitative estimate of drug-likeness (QED) is 0.607. The van der Waals surface area contributed by atoms with Crippen LogP contribution < -0.4 is 0 Å². The number of hydrogen-bond acceptors (Lipinski definition) is 4. The molecule has 88 valence electrons. The van der Waals surface area contributed by atoms with Gasteiger partial charge >= 0.3 is 0 Å². The molecule has 0 aromatic heterocycles. The molecule has 0 spiro atoms. The Morgan fingerprint density at radius 3 is 2.38 bits per heavy atom. The molecular formula is C10H12ClNO4. The Balaban J connectivity index is 2.54. The molecule has 2 unspecified atom stereocenters. The van der Waals surface area contributed by atoms with Crippen LogP contribution in [0.3, 0.4) is 0 Å². The summed E-state index contributed by atoms with van der Waals surface area (Å²) in [6, 6.07) is 6.46. The zero-order valence-corrected chi connectivity index (χ0v) is 9.17. The summed E-state index contributed by atoms with van der Waals surface area (Å²) in [6.07, 6.45) is -2.14. The molecule has 0 amide bonds. The van der Waals surface area contributed by atoms with Crippen molar-refractivity contribution in [3.8, 4) is 0 Å². The molecular weight excluding hydrogens is 234 g/mol. The van der Waals surface area contributed by atoms with E-state index in [0.717, 1.165) is 0 Å². The molecule has 5 nitrogen and oxygen atoms in total. The topological polar surface area (TPSA) is 83.6 Å². The van der Waals surface area contributed by atoms with E-state index in [1.807, 2.05) is 0 Å². The molecule has 0 aliphatic carbocycles. The summed E-state index contributed by atoms with van der Waals surface area (Å²) < 4.78 is 0. The third-order valence-electron chi connectivity index (χ3n) is 2.11. The first-order valence-electron chi connectivity index (χ1n) is 4.72. The number of nitrogens with zero attached hydrogens (tertiary/aromatic N) is 1. The lowest BCUT2D eigenvalue weighted by Crippen LogP contribution is -2.21. The van der Waals surface area contributed by atoms with Crippen LogP contribution in [0.25, 0.3) is 0 Å². The molecule has 0 bridgehead atoms. The first-order chi connectivity index (χ1) is 7.49. The fraction of sp³-hybridized carbons (Fsp3) is 0.400. The van der Waals surface area contributed by atoms with Gasteiger partial charge in [0, 0.05) is 16.4 Å². The van der Waals surface area contributed by atoms with Crippen LogP contribution in [-0.4, -0.2) is 27.8 Å². The number of aliphatic hydroxyl groups is 2. The van der Waals surface area contributed by atoms with Crippen LogP contribution in [0.2, 0.25) is 5.02 Å². The highest BCUT2D eigenvalue weighted by Gasteiger charge is 2.17. The monoisotopic (exact) mass is 245 g/mol. The Kier molecular flexibility index (Phi) is 4.67. The van der Waals surface area contributed by atoms with E-state index in [2.05, 4.69) is 0 Å². The lowest BCUT2D eigenvalue weighted by Gasteiger charge is -2.13. The van der Waals surface area contributed by atoms with Crippen LogP contribution in [0.5, 0.6) is 0 Å². The molecule has 16 heavy (non-hydrogen) atoms. The molecule has 2 atom stereocenters. The maximum Gasteiger partial charge on any atom is 0.229 e.